The summed E-state index contributed by atoms with van der Waals surface area (Å²) in [4.78, 5) is 39.2. The quantitative estimate of drug-likeness (QED) is 0.381. The molecule has 9 heteroatoms. The Balaban J connectivity index is 0.00000342. The standard InChI is InChI=1S/C26H24ClN3O4.ClH/c27-19-10-13-23(22(15-19)29-25(32)26(33)30-14-4-7-20(28)16-30)34-21-11-8-18(9-12-21)24(31)17-5-2-1-3-6-17;/h1-3,5-6,8-13,15,20H,4,7,14,16,28H2,(H,29,32);1H/t20-;/m0./s1. The number of benzene rings is 3. The lowest BCUT2D eigenvalue weighted by molar-refractivity contribution is -0.143. The lowest BCUT2D eigenvalue weighted by Gasteiger charge is -2.30. The third kappa shape index (κ3) is 6.60. The number of nitrogens with two attached hydrogens (primary N) is 1. The average Bonchev–Trinajstić information content (AvgIpc) is 2.85. The second-order valence-electron chi connectivity index (χ2n) is 8.07. The minimum Gasteiger partial charge on any atom is -0.455 e. The molecule has 0 aromatic heterocycles. The zero-order chi connectivity index (χ0) is 24.1. The molecule has 0 unspecified atom stereocenters. The molecule has 0 spiro atoms. The molecule has 4 rings (SSSR count). The topological polar surface area (TPSA) is 102 Å². The SMILES string of the molecule is Cl.N[C@H]1CCCN(C(=O)C(=O)Nc2cc(Cl)ccc2Oc2ccc(C(=O)c3ccccc3)cc2)C1. The Morgan fingerprint density at radius 1 is 0.971 bits per heavy atom. The molecule has 7 nitrogen and oxygen atoms in total. The average molecular weight is 514 g/mol. The zero-order valence-corrected chi connectivity index (χ0v) is 20.4. The van der Waals surface area contributed by atoms with Gasteiger partial charge in [0.2, 0.25) is 0 Å². The van der Waals surface area contributed by atoms with Gasteiger partial charge in [-0.2, -0.15) is 0 Å². The first kappa shape index (κ1) is 26.2. The first-order chi connectivity index (χ1) is 16.4. The van der Waals surface area contributed by atoms with Crippen molar-refractivity contribution in [3.8, 4) is 11.5 Å². The number of carbonyl (C=O) groups is 3. The van der Waals surface area contributed by atoms with Crippen LogP contribution < -0.4 is 15.8 Å². The van der Waals surface area contributed by atoms with E-state index >= 15 is 0 Å². The van der Waals surface area contributed by atoms with Crippen LogP contribution in [0.5, 0.6) is 11.5 Å². The van der Waals surface area contributed by atoms with Crippen LogP contribution in [-0.4, -0.2) is 41.6 Å². The summed E-state index contributed by atoms with van der Waals surface area (Å²) in [7, 11) is 0. The molecule has 3 aromatic carbocycles. The molecule has 1 heterocycles. The number of hydrogen-bond acceptors (Lipinski definition) is 5. The largest absolute Gasteiger partial charge is 0.455 e. The van der Waals surface area contributed by atoms with E-state index in [0.29, 0.717) is 40.7 Å². The maximum Gasteiger partial charge on any atom is 0.314 e. The molecule has 1 aliphatic heterocycles. The number of nitrogens with zero attached hydrogens (tertiary/aromatic N) is 1. The molecule has 3 N–H and O–H groups in total. The fourth-order valence-electron chi connectivity index (χ4n) is 3.76. The van der Waals surface area contributed by atoms with Gasteiger partial charge in [-0.3, -0.25) is 14.4 Å². The summed E-state index contributed by atoms with van der Waals surface area (Å²) in [5.74, 6) is -0.767. The van der Waals surface area contributed by atoms with E-state index in [4.69, 9.17) is 22.1 Å². The smallest absolute Gasteiger partial charge is 0.314 e. The maximum absolute atomic E-state index is 12.6. The Hall–Kier alpha value is -3.39. The molecule has 0 aliphatic carbocycles. The summed E-state index contributed by atoms with van der Waals surface area (Å²) in [5.41, 5.74) is 7.30. The first-order valence-electron chi connectivity index (χ1n) is 10.9. The predicted octanol–water partition coefficient (Wildman–Crippen LogP) is 4.67. The van der Waals surface area contributed by atoms with E-state index in [1.54, 1.807) is 48.5 Å². The van der Waals surface area contributed by atoms with Crippen molar-refractivity contribution in [1.29, 1.82) is 0 Å². The highest BCUT2D eigenvalue weighted by Crippen LogP contribution is 2.32. The van der Waals surface area contributed by atoms with Crippen LogP contribution in [0.2, 0.25) is 5.02 Å². The number of nitrogens with one attached hydrogen (secondary N) is 1. The fraction of sp³-hybridized carbons (Fsp3) is 0.192. The predicted molar refractivity (Wildman–Crippen MR) is 138 cm³/mol. The molecule has 1 aliphatic rings. The second-order valence-corrected chi connectivity index (χ2v) is 8.51. The van der Waals surface area contributed by atoms with Crippen LogP contribution in [0.4, 0.5) is 5.69 Å². The Morgan fingerprint density at radius 3 is 2.34 bits per heavy atom. The maximum atomic E-state index is 12.6. The van der Waals surface area contributed by atoms with Crippen LogP contribution in [0.1, 0.15) is 28.8 Å². The van der Waals surface area contributed by atoms with Gasteiger partial charge in [0.05, 0.1) is 5.69 Å². The Labute approximate surface area is 214 Å². The van der Waals surface area contributed by atoms with Crippen molar-refractivity contribution in [2.45, 2.75) is 18.9 Å². The minimum atomic E-state index is -0.787. The summed E-state index contributed by atoms with van der Waals surface area (Å²) in [6, 6.07) is 20.2. The molecule has 3 aromatic rings. The van der Waals surface area contributed by atoms with Gasteiger partial charge in [0, 0.05) is 35.3 Å². The van der Waals surface area contributed by atoms with Gasteiger partial charge in [-0.05, 0) is 55.3 Å². The van der Waals surface area contributed by atoms with Gasteiger partial charge in [0.15, 0.2) is 11.5 Å². The fourth-order valence-corrected chi connectivity index (χ4v) is 3.93. The molecular weight excluding hydrogens is 489 g/mol. The van der Waals surface area contributed by atoms with Crippen LogP contribution >= 0.6 is 24.0 Å². The van der Waals surface area contributed by atoms with Crippen molar-refractivity contribution in [2.24, 2.45) is 5.73 Å². The van der Waals surface area contributed by atoms with Crippen molar-refractivity contribution >= 4 is 47.3 Å². The summed E-state index contributed by atoms with van der Waals surface area (Å²) in [6.45, 7) is 0.839. The van der Waals surface area contributed by atoms with Gasteiger partial charge < -0.3 is 20.7 Å². The highest BCUT2D eigenvalue weighted by molar-refractivity contribution is 6.40. The van der Waals surface area contributed by atoms with Crippen molar-refractivity contribution < 1.29 is 19.1 Å². The number of piperidine rings is 1. The normalized spacial score (nSPS) is 15.0. The molecule has 182 valence electrons. The van der Waals surface area contributed by atoms with Crippen molar-refractivity contribution in [2.75, 3.05) is 18.4 Å². The van der Waals surface area contributed by atoms with Gasteiger partial charge in [-0.1, -0.05) is 41.9 Å². The third-order valence-corrected chi connectivity index (χ3v) is 5.74. The Kier molecular flexibility index (Phi) is 8.87. The van der Waals surface area contributed by atoms with Crippen molar-refractivity contribution in [3.05, 3.63) is 88.9 Å². The van der Waals surface area contributed by atoms with Crippen LogP contribution in [0.15, 0.2) is 72.8 Å². The van der Waals surface area contributed by atoms with E-state index < -0.39 is 11.8 Å². The molecule has 0 radical (unpaired) electrons. The molecule has 1 saturated heterocycles. The first-order valence-corrected chi connectivity index (χ1v) is 11.3. The number of ketones is 1. The molecule has 0 bridgehead atoms. The molecule has 2 amide bonds. The number of likely N-dealkylation sites (tertiary alicyclic amines) is 1. The molecular formula is C26H25Cl2N3O4. The van der Waals surface area contributed by atoms with Crippen molar-refractivity contribution in [1.82, 2.24) is 4.90 Å². The van der Waals surface area contributed by atoms with Gasteiger partial charge >= 0.3 is 11.8 Å². The van der Waals surface area contributed by atoms with E-state index in [9.17, 15) is 14.4 Å². The van der Waals surface area contributed by atoms with Crippen LogP contribution in [0, 0.1) is 0 Å². The van der Waals surface area contributed by atoms with Gasteiger partial charge in [0.1, 0.15) is 5.75 Å². The molecule has 1 atom stereocenters. The minimum absolute atomic E-state index is 0. The number of amides is 2. The molecule has 35 heavy (non-hydrogen) atoms. The molecule has 1 fully saturated rings. The van der Waals surface area contributed by atoms with Gasteiger partial charge in [-0.25, -0.2) is 0 Å². The Morgan fingerprint density at radius 2 is 1.66 bits per heavy atom. The van der Waals surface area contributed by atoms with E-state index in [1.165, 1.54) is 11.0 Å². The van der Waals surface area contributed by atoms with Crippen LogP contribution in [0.25, 0.3) is 0 Å². The van der Waals surface area contributed by atoms with Crippen molar-refractivity contribution in [3.63, 3.8) is 0 Å². The lowest BCUT2D eigenvalue weighted by atomic mass is 10.0. The van der Waals surface area contributed by atoms with E-state index in [1.807, 2.05) is 18.2 Å². The summed E-state index contributed by atoms with van der Waals surface area (Å²) in [6.07, 6.45) is 1.59. The van der Waals surface area contributed by atoms with E-state index in [2.05, 4.69) is 5.32 Å². The Bertz CT molecular complexity index is 1200. The molecule has 0 saturated carbocycles. The third-order valence-electron chi connectivity index (χ3n) is 5.51. The highest BCUT2D eigenvalue weighted by Gasteiger charge is 2.27. The number of halogens is 2. The number of anilines is 1. The second kappa shape index (κ2) is 11.8. The summed E-state index contributed by atoms with van der Waals surface area (Å²) < 4.78 is 5.92. The zero-order valence-electron chi connectivity index (χ0n) is 18.8. The van der Waals surface area contributed by atoms with E-state index in [-0.39, 0.29) is 29.9 Å². The number of rotatable bonds is 5. The van der Waals surface area contributed by atoms with Crippen LogP contribution in [-0.2, 0) is 9.59 Å². The monoisotopic (exact) mass is 513 g/mol. The van der Waals surface area contributed by atoms with Gasteiger partial charge in [-0.15, -0.1) is 12.4 Å². The highest BCUT2D eigenvalue weighted by atomic mass is 35.5. The van der Waals surface area contributed by atoms with Gasteiger partial charge in [0.25, 0.3) is 0 Å². The number of hydrogen-bond donors (Lipinski definition) is 2. The number of carbonyl (C=O) groups excluding carboxylic acids is 3. The number of ether oxygens (including phenoxy) is 1. The van der Waals surface area contributed by atoms with E-state index in [0.717, 1.165) is 12.8 Å². The summed E-state index contributed by atoms with van der Waals surface area (Å²) in [5, 5.41) is 2.97. The summed E-state index contributed by atoms with van der Waals surface area (Å²) >= 11 is 6.11. The van der Waals surface area contributed by atoms with Crippen LogP contribution in [0.3, 0.4) is 0 Å². The lowest BCUT2D eigenvalue weighted by Crippen LogP contribution is -2.49.